The van der Waals surface area contributed by atoms with Crippen molar-refractivity contribution in [3.63, 3.8) is 0 Å². The fraction of sp³-hybridized carbons (Fsp3) is 0.462. The van der Waals surface area contributed by atoms with Crippen molar-refractivity contribution in [1.29, 1.82) is 0 Å². The summed E-state index contributed by atoms with van der Waals surface area (Å²) in [5.41, 5.74) is 2.55. The SMILES string of the molecule is CC(c1cnn2ccccc12)N1CCNCC1. The van der Waals surface area contributed by atoms with Crippen LogP contribution in [-0.4, -0.2) is 40.7 Å². The number of nitrogens with one attached hydrogen (secondary N) is 1. The number of nitrogens with zero attached hydrogens (tertiary/aromatic N) is 3. The summed E-state index contributed by atoms with van der Waals surface area (Å²) in [6.07, 6.45) is 4.01. The molecule has 0 aromatic carbocycles. The van der Waals surface area contributed by atoms with Crippen LogP contribution in [0.2, 0.25) is 0 Å². The van der Waals surface area contributed by atoms with Crippen molar-refractivity contribution in [3.05, 3.63) is 36.2 Å². The van der Waals surface area contributed by atoms with Crippen molar-refractivity contribution < 1.29 is 0 Å². The Balaban J connectivity index is 1.92. The first-order valence-electron chi connectivity index (χ1n) is 6.23. The topological polar surface area (TPSA) is 32.6 Å². The molecule has 0 saturated carbocycles. The second-order valence-corrected chi connectivity index (χ2v) is 4.59. The molecule has 1 N–H and O–H groups in total. The van der Waals surface area contributed by atoms with E-state index >= 15 is 0 Å². The van der Waals surface area contributed by atoms with Gasteiger partial charge >= 0.3 is 0 Å². The lowest BCUT2D eigenvalue weighted by molar-refractivity contribution is 0.186. The molecule has 2 aromatic rings. The van der Waals surface area contributed by atoms with Gasteiger partial charge in [0, 0.05) is 44.0 Å². The molecule has 0 spiro atoms. The summed E-state index contributed by atoms with van der Waals surface area (Å²) in [4.78, 5) is 2.51. The molecule has 1 saturated heterocycles. The van der Waals surface area contributed by atoms with Gasteiger partial charge in [-0.05, 0) is 19.1 Å². The molecule has 4 heteroatoms. The molecule has 90 valence electrons. The van der Waals surface area contributed by atoms with Crippen LogP contribution in [0.25, 0.3) is 5.52 Å². The van der Waals surface area contributed by atoms with Crippen LogP contribution in [0, 0.1) is 0 Å². The highest BCUT2D eigenvalue weighted by molar-refractivity contribution is 5.54. The third-order valence-corrected chi connectivity index (χ3v) is 3.61. The summed E-state index contributed by atoms with van der Waals surface area (Å²) < 4.78 is 1.95. The predicted octanol–water partition coefficient (Wildman–Crippen LogP) is 1.30. The quantitative estimate of drug-likeness (QED) is 0.844. The average molecular weight is 230 g/mol. The molecule has 1 fully saturated rings. The normalized spacial score (nSPS) is 19.6. The van der Waals surface area contributed by atoms with Crippen LogP contribution >= 0.6 is 0 Å². The maximum atomic E-state index is 4.41. The zero-order chi connectivity index (χ0) is 11.7. The Morgan fingerprint density at radius 2 is 2.12 bits per heavy atom. The van der Waals surface area contributed by atoms with E-state index in [1.807, 2.05) is 23.0 Å². The number of pyridine rings is 1. The molecule has 0 bridgehead atoms. The Kier molecular flexibility index (Phi) is 2.82. The Labute approximate surface area is 101 Å². The summed E-state index contributed by atoms with van der Waals surface area (Å²) in [5, 5.41) is 7.80. The van der Waals surface area contributed by atoms with E-state index in [1.54, 1.807) is 0 Å². The van der Waals surface area contributed by atoms with E-state index in [4.69, 9.17) is 0 Å². The number of rotatable bonds is 2. The van der Waals surface area contributed by atoms with Crippen molar-refractivity contribution in [1.82, 2.24) is 19.8 Å². The van der Waals surface area contributed by atoms with Gasteiger partial charge in [0.05, 0.1) is 11.7 Å². The second kappa shape index (κ2) is 4.47. The lowest BCUT2D eigenvalue weighted by atomic mass is 10.1. The Morgan fingerprint density at radius 3 is 2.94 bits per heavy atom. The van der Waals surface area contributed by atoms with E-state index in [1.165, 1.54) is 11.1 Å². The minimum atomic E-state index is 0.442. The van der Waals surface area contributed by atoms with Crippen LogP contribution in [0.1, 0.15) is 18.5 Å². The van der Waals surface area contributed by atoms with Crippen LogP contribution in [0.5, 0.6) is 0 Å². The Hall–Kier alpha value is -1.39. The molecule has 0 amide bonds. The van der Waals surface area contributed by atoms with Crippen molar-refractivity contribution >= 4 is 5.52 Å². The number of aromatic nitrogens is 2. The van der Waals surface area contributed by atoms with Gasteiger partial charge in [-0.25, -0.2) is 4.52 Å². The van der Waals surface area contributed by atoms with Gasteiger partial charge in [0.1, 0.15) is 0 Å². The van der Waals surface area contributed by atoms with Crippen molar-refractivity contribution in [2.75, 3.05) is 26.2 Å². The molecule has 1 aliphatic heterocycles. The molecule has 0 aliphatic carbocycles. The van der Waals surface area contributed by atoms with Crippen molar-refractivity contribution in [2.24, 2.45) is 0 Å². The lowest BCUT2D eigenvalue weighted by Crippen LogP contribution is -2.44. The van der Waals surface area contributed by atoms with E-state index in [0.717, 1.165) is 26.2 Å². The third-order valence-electron chi connectivity index (χ3n) is 3.61. The highest BCUT2D eigenvalue weighted by Gasteiger charge is 2.20. The monoisotopic (exact) mass is 230 g/mol. The van der Waals surface area contributed by atoms with Crippen LogP contribution in [0.3, 0.4) is 0 Å². The molecule has 0 radical (unpaired) electrons. The highest BCUT2D eigenvalue weighted by atomic mass is 15.2. The van der Waals surface area contributed by atoms with Crippen LogP contribution in [0.4, 0.5) is 0 Å². The molecule has 1 unspecified atom stereocenters. The van der Waals surface area contributed by atoms with Gasteiger partial charge in [-0.15, -0.1) is 0 Å². The van der Waals surface area contributed by atoms with E-state index in [9.17, 15) is 0 Å². The van der Waals surface area contributed by atoms with Crippen LogP contribution < -0.4 is 5.32 Å². The van der Waals surface area contributed by atoms with Gasteiger partial charge in [-0.2, -0.15) is 5.10 Å². The number of hydrogen-bond acceptors (Lipinski definition) is 3. The predicted molar refractivity (Wildman–Crippen MR) is 68.0 cm³/mol. The maximum Gasteiger partial charge on any atom is 0.0709 e. The molecule has 2 aromatic heterocycles. The zero-order valence-corrected chi connectivity index (χ0v) is 10.1. The van der Waals surface area contributed by atoms with Gasteiger partial charge in [-0.3, -0.25) is 4.90 Å². The zero-order valence-electron chi connectivity index (χ0n) is 10.1. The molecule has 1 aliphatic rings. The van der Waals surface area contributed by atoms with E-state index in [0.29, 0.717) is 6.04 Å². The van der Waals surface area contributed by atoms with Gasteiger partial charge in [0.25, 0.3) is 0 Å². The molecule has 17 heavy (non-hydrogen) atoms. The Bertz CT molecular complexity index is 499. The molecule has 3 heterocycles. The summed E-state index contributed by atoms with van der Waals surface area (Å²) in [6.45, 7) is 6.68. The van der Waals surface area contributed by atoms with Crippen LogP contribution in [0.15, 0.2) is 30.6 Å². The summed E-state index contributed by atoms with van der Waals surface area (Å²) in [7, 11) is 0. The second-order valence-electron chi connectivity index (χ2n) is 4.59. The molecule has 4 nitrogen and oxygen atoms in total. The number of fused-ring (bicyclic) bond motifs is 1. The number of piperazine rings is 1. The molecular weight excluding hydrogens is 212 g/mol. The smallest absolute Gasteiger partial charge is 0.0709 e. The van der Waals surface area contributed by atoms with Crippen molar-refractivity contribution in [3.8, 4) is 0 Å². The summed E-state index contributed by atoms with van der Waals surface area (Å²) in [5.74, 6) is 0. The minimum absolute atomic E-state index is 0.442. The lowest BCUT2D eigenvalue weighted by Gasteiger charge is -2.32. The van der Waals surface area contributed by atoms with E-state index < -0.39 is 0 Å². The molecular formula is C13H18N4. The minimum Gasteiger partial charge on any atom is -0.314 e. The summed E-state index contributed by atoms with van der Waals surface area (Å²) in [6, 6.07) is 6.67. The first-order valence-corrected chi connectivity index (χ1v) is 6.23. The fourth-order valence-corrected chi connectivity index (χ4v) is 2.54. The van der Waals surface area contributed by atoms with Gasteiger partial charge < -0.3 is 5.32 Å². The van der Waals surface area contributed by atoms with Gasteiger partial charge in [-0.1, -0.05) is 6.07 Å². The first-order chi connectivity index (χ1) is 8.36. The molecule has 3 rings (SSSR count). The maximum absolute atomic E-state index is 4.41. The van der Waals surface area contributed by atoms with Gasteiger partial charge in [0.15, 0.2) is 0 Å². The number of hydrogen-bond donors (Lipinski definition) is 1. The van der Waals surface area contributed by atoms with Gasteiger partial charge in [0.2, 0.25) is 0 Å². The molecule has 1 atom stereocenters. The van der Waals surface area contributed by atoms with Crippen LogP contribution in [-0.2, 0) is 0 Å². The largest absolute Gasteiger partial charge is 0.314 e. The third kappa shape index (κ3) is 1.94. The van der Waals surface area contributed by atoms with E-state index in [-0.39, 0.29) is 0 Å². The standard InChI is InChI=1S/C13H18N4/c1-11(16-8-5-14-6-9-16)12-10-15-17-7-3-2-4-13(12)17/h2-4,7,10-11,14H,5-6,8-9H2,1H3. The first kappa shape index (κ1) is 10.7. The average Bonchev–Trinajstić information content (AvgIpc) is 2.83. The highest BCUT2D eigenvalue weighted by Crippen LogP contribution is 2.24. The van der Waals surface area contributed by atoms with Crippen molar-refractivity contribution in [2.45, 2.75) is 13.0 Å². The fourth-order valence-electron chi connectivity index (χ4n) is 2.54. The summed E-state index contributed by atoms with van der Waals surface area (Å²) >= 11 is 0. The Morgan fingerprint density at radius 1 is 1.29 bits per heavy atom. The van der Waals surface area contributed by atoms with E-state index in [2.05, 4.69) is 34.4 Å².